The zero-order valence-electron chi connectivity index (χ0n) is 18.1. The topological polar surface area (TPSA) is 69.7 Å². The normalized spacial score (nSPS) is 13.0. The maximum Gasteiger partial charge on any atom is 0.324 e. The summed E-state index contributed by atoms with van der Waals surface area (Å²) in [5, 5.41) is 2.43. The number of carbonyl (C=O) groups excluding carboxylic acids is 3. The molecule has 0 bridgehead atoms. The van der Waals surface area contributed by atoms with E-state index < -0.39 is 35.5 Å². The first kappa shape index (κ1) is 23.0. The zero-order valence-corrected chi connectivity index (χ0v) is 18.1. The third-order valence-corrected chi connectivity index (χ3v) is 5.56. The molecule has 9 heteroatoms. The fourth-order valence-electron chi connectivity index (χ4n) is 3.83. The summed E-state index contributed by atoms with van der Waals surface area (Å²) in [6.45, 7) is 0.0413. The summed E-state index contributed by atoms with van der Waals surface area (Å²) in [5.74, 6) is -3.85. The van der Waals surface area contributed by atoms with E-state index in [1.54, 1.807) is 43.4 Å². The number of nitrogens with zero attached hydrogens (tertiary/aromatic N) is 2. The third-order valence-electron chi connectivity index (χ3n) is 5.56. The highest BCUT2D eigenvalue weighted by Gasteiger charge is 2.29. The summed E-state index contributed by atoms with van der Waals surface area (Å²) in [6.07, 6.45) is 0.719. The number of hydrogen-bond donors (Lipinski definition) is 1. The largest absolute Gasteiger partial charge is 0.348 e. The second kappa shape index (κ2) is 9.38. The molecule has 0 saturated heterocycles. The predicted octanol–water partition coefficient (Wildman–Crippen LogP) is 4.42. The molecular weight excluding hydrogens is 447 g/mol. The van der Waals surface area contributed by atoms with E-state index in [0.717, 1.165) is 17.4 Å². The Morgan fingerprint density at radius 3 is 2.50 bits per heavy atom. The van der Waals surface area contributed by atoms with Crippen molar-refractivity contribution in [2.45, 2.75) is 19.6 Å². The summed E-state index contributed by atoms with van der Waals surface area (Å²) in [7, 11) is 1.66. The van der Waals surface area contributed by atoms with Crippen molar-refractivity contribution in [3.63, 3.8) is 0 Å². The van der Waals surface area contributed by atoms with Crippen LogP contribution in [0.4, 0.5) is 23.7 Å². The van der Waals surface area contributed by atoms with Crippen molar-refractivity contribution in [1.29, 1.82) is 0 Å². The minimum atomic E-state index is -1.10. The molecule has 3 aromatic carbocycles. The van der Waals surface area contributed by atoms with Gasteiger partial charge in [0.05, 0.1) is 12.2 Å². The predicted molar refractivity (Wildman–Crippen MR) is 119 cm³/mol. The Kier molecular flexibility index (Phi) is 6.36. The summed E-state index contributed by atoms with van der Waals surface area (Å²) >= 11 is 0. The van der Waals surface area contributed by atoms with Gasteiger partial charge in [0.2, 0.25) is 0 Å². The van der Waals surface area contributed by atoms with Crippen LogP contribution in [0.25, 0.3) is 0 Å². The molecule has 0 atom stereocenters. The number of halogens is 3. The van der Waals surface area contributed by atoms with Gasteiger partial charge in [0.1, 0.15) is 23.7 Å². The number of rotatable bonds is 6. The molecule has 1 heterocycles. The van der Waals surface area contributed by atoms with Gasteiger partial charge in [0, 0.05) is 49.0 Å². The Morgan fingerprint density at radius 2 is 1.79 bits per heavy atom. The number of fused-ring (bicyclic) bond motifs is 1. The van der Waals surface area contributed by atoms with Crippen LogP contribution >= 0.6 is 0 Å². The molecule has 3 amide bonds. The number of hydrogen-bond acceptors (Lipinski definition) is 3. The van der Waals surface area contributed by atoms with Gasteiger partial charge in [0.15, 0.2) is 0 Å². The number of urea groups is 1. The fourth-order valence-corrected chi connectivity index (χ4v) is 3.83. The van der Waals surface area contributed by atoms with E-state index in [2.05, 4.69) is 5.32 Å². The van der Waals surface area contributed by atoms with E-state index in [9.17, 15) is 27.6 Å². The van der Waals surface area contributed by atoms with Crippen molar-refractivity contribution < 1.29 is 27.6 Å². The smallest absolute Gasteiger partial charge is 0.324 e. The van der Waals surface area contributed by atoms with Crippen LogP contribution < -0.4 is 10.2 Å². The van der Waals surface area contributed by atoms with Crippen LogP contribution in [0.15, 0.2) is 54.6 Å². The summed E-state index contributed by atoms with van der Waals surface area (Å²) in [4.78, 5) is 39.8. The Hall–Kier alpha value is -4.14. The molecule has 0 saturated carbocycles. The van der Waals surface area contributed by atoms with Crippen molar-refractivity contribution in [2.75, 3.05) is 11.9 Å². The molecular formula is C25H20F3N3O3. The van der Waals surface area contributed by atoms with E-state index in [4.69, 9.17) is 0 Å². The molecule has 1 aliphatic rings. The summed E-state index contributed by atoms with van der Waals surface area (Å²) < 4.78 is 40.9. The quantitative estimate of drug-likeness (QED) is 0.546. The van der Waals surface area contributed by atoms with Gasteiger partial charge in [-0.25, -0.2) is 18.0 Å². The van der Waals surface area contributed by atoms with Gasteiger partial charge >= 0.3 is 6.03 Å². The lowest BCUT2D eigenvalue weighted by Crippen LogP contribution is -2.45. The fraction of sp³-hybridized carbons (Fsp3) is 0.160. The highest BCUT2D eigenvalue weighted by atomic mass is 19.1. The first-order valence-corrected chi connectivity index (χ1v) is 10.4. The third kappa shape index (κ3) is 4.63. The average Bonchev–Trinajstić information content (AvgIpc) is 2.81. The van der Waals surface area contributed by atoms with Crippen LogP contribution in [0.2, 0.25) is 0 Å². The van der Waals surface area contributed by atoms with Crippen molar-refractivity contribution >= 4 is 23.9 Å². The maximum atomic E-state index is 13.9. The highest BCUT2D eigenvalue weighted by Crippen LogP contribution is 2.31. The van der Waals surface area contributed by atoms with E-state index in [-0.39, 0.29) is 18.1 Å². The van der Waals surface area contributed by atoms with Gasteiger partial charge in [-0.15, -0.1) is 0 Å². The van der Waals surface area contributed by atoms with Crippen LogP contribution in [0.3, 0.4) is 0 Å². The standard InChI is InChI=1S/C25H20F3N3O3/c1-30-13-18-6-5-17(24(33)29-11-20-21(27)9-19(26)10-22(20)28)8-23(18)31(25(30)34)12-15-3-2-4-16(7-15)14-32/h2-10,14H,11-13H2,1H3,(H,29,33). The Bertz CT molecular complexity index is 1270. The number of aldehydes is 1. The summed E-state index contributed by atoms with van der Waals surface area (Å²) in [5.41, 5.74) is 2.26. The molecule has 1 N–H and O–H groups in total. The lowest BCUT2D eigenvalue weighted by molar-refractivity contribution is 0.0949. The van der Waals surface area contributed by atoms with Crippen molar-refractivity contribution in [3.05, 3.63) is 99.9 Å². The van der Waals surface area contributed by atoms with Gasteiger partial charge in [-0.3, -0.25) is 14.5 Å². The second-order valence-corrected chi connectivity index (χ2v) is 7.96. The molecule has 6 nitrogen and oxygen atoms in total. The molecule has 0 fully saturated rings. The van der Waals surface area contributed by atoms with Gasteiger partial charge in [-0.05, 0) is 29.3 Å². The molecule has 1 aliphatic heterocycles. The number of carbonyl (C=O) groups is 3. The number of amides is 3. The van der Waals surface area contributed by atoms with E-state index in [1.165, 1.54) is 15.9 Å². The van der Waals surface area contributed by atoms with Gasteiger partial charge in [0.25, 0.3) is 5.91 Å². The molecule has 0 radical (unpaired) electrons. The molecule has 0 unspecified atom stereocenters. The first-order chi connectivity index (χ1) is 16.3. The Morgan fingerprint density at radius 1 is 1.06 bits per heavy atom. The number of anilines is 1. The number of benzene rings is 3. The minimum Gasteiger partial charge on any atom is -0.348 e. The molecule has 0 aliphatic carbocycles. The maximum absolute atomic E-state index is 13.9. The van der Waals surface area contributed by atoms with Crippen LogP contribution in [0.1, 0.15) is 37.4 Å². The lowest BCUT2D eigenvalue weighted by Gasteiger charge is -2.35. The van der Waals surface area contributed by atoms with Crippen LogP contribution in [-0.2, 0) is 19.6 Å². The van der Waals surface area contributed by atoms with Gasteiger partial charge in [-0.1, -0.05) is 24.3 Å². The molecule has 174 valence electrons. The van der Waals surface area contributed by atoms with E-state index in [0.29, 0.717) is 29.9 Å². The van der Waals surface area contributed by atoms with Crippen LogP contribution in [0.5, 0.6) is 0 Å². The van der Waals surface area contributed by atoms with Gasteiger partial charge in [-0.2, -0.15) is 0 Å². The lowest BCUT2D eigenvalue weighted by atomic mass is 10.0. The van der Waals surface area contributed by atoms with E-state index >= 15 is 0 Å². The Labute approximate surface area is 193 Å². The first-order valence-electron chi connectivity index (χ1n) is 10.4. The Balaban J connectivity index is 1.59. The van der Waals surface area contributed by atoms with Crippen LogP contribution in [-0.4, -0.2) is 30.2 Å². The monoisotopic (exact) mass is 467 g/mol. The minimum absolute atomic E-state index is 0.176. The van der Waals surface area contributed by atoms with Gasteiger partial charge < -0.3 is 10.2 Å². The molecule has 3 aromatic rings. The van der Waals surface area contributed by atoms with Crippen molar-refractivity contribution in [2.24, 2.45) is 0 Å². The molecule has 0 spiro atoms. The molecule has 4 rings (SSSR count). The van der Waals surface area contributed by atoms with E-state index in [1.807, 2.05) is 0 Å². The zero-order chi connectivity index (χ0) is 24.4. The summed E-state index contributed by atoms with van der Waals surface area (Å²) in [6, 6.07) is 12.5. The average molecular weight is 467 g/mol. The number of nitrogens with one attached hydrogen (secondary N) is 1. The van der Waals surface area contributed by atoms with Crippen molar-refractivity contribution in [3.8, 4) is 0 Å². The van der Waals surface area contributed by atoms with Crippen LogP contribution in [0, 0.1) is 17.5 Å². The molecule has 34 heavy (non-hydrogen) atoms. The SMILES string of the molecule is CN1Cc2ccc(C(=O)NCc3c(F)cc(F)cc3F)cc2N(Cc2cccc(C=O)c2)C1=O. The highest BCUT2D eigenvalue weighted by molar-refractivity contribution is 5.99. The van der Waals surface area contributed by atoms with Crippen molar-refractivity contribution in [1.82, 2.24) is 10.2 Å². The second-order valence-electron chi connectivity index (χ2n) is 7.96. The molecule has 0 aromatic heterocycles.